The van der Waals surface area contributed by atoms with Crippen LogP contribution in [0.5, 0.6) is 0 Å². The molecule has 25 heavy (non-hydrogen) atoms. The maximum Gasteiger partial charge on any atom is 0.274 e. The van der Waals surface area contributed by atoms with Crippen molar-refractivity contribution in [1.82, 2.24) is 9.97 Å². The van der Waals surface area contributed by atoms with E-state index in [2.05, 4.69) is 34.4 Å². The first-order chi connectivity index (χ1) is 12.0. The number of anilines is 2. The molecule has 2 N–H and O–H groups in total. The first kappa shape index (κ1) is 18.9. The van der Waals surface area contributed by atoms with Gasteiger partial charge in [0.25, 0.3) is 5.91 Å². The lowest BCUT2D eigenvalue weighted by Gasteiger charge is -2.10. The van der Waals surface area contributed by atoms with Gasteiger partial charge in [-0.2, -0.15) is 0 Å². The molecule has 0 unspecified atom stereocenters. The third kappa shape index (κ3) is 5.83. The van der Waals surface area contributed by atoms with Crippen LogP contribution in [-0.2, 0) is 4.74 Å². The van der Waals surface area contributed by atoms with Gasteiger partial charge in [0.15, 0.2) is 0 Å². The van der Waals surface area contributed by atoms with Gasteiger partial charge in [0.1, 0.15) is 5.69 Å². The Balaban J connectivity index is 2.04. The van der Waals surface area contributed by atoms with Gasteiger partial charge in [-0.15, -0.1) is 0 Å². The fraction of sp³-hybridized carbons (Fsp3) is 0.421. The second-order valence-electron chi connectivity index (χ2n) is 6.22. The number of carbonyl (C=O) groups excluding carboxylic acids is 1. The van der Waals surface area contributed by atoms with Gasteiger partial charge in [-0.05, 0) is 43.0 Å². The molecule has 6 nitrogen and oxygen atoms in total. The van der Waals surface area contributed by atoms with Gasteiger partial charge in [-0.3, -0.25) is 4.79 Å². The van der Waals surface area contributed by atoms with E-state index in [4.69, 9.17) is 4.74 Å². The van der Waals surface area contributed by atoms with Gasteiger partial charge >= 0.3 is 0 Å². The molecule has 1 heterocycles. The van der Waals surface area contributed by atoms with E-state index in [1.807, 2.05) is 31.2 Å². The minimum atomic E-state index is -0.247. The molecule has 2 rings (SSSR count). The van der Waals surface area contributed by atoms with Crippen molar-refractivity contribution in [2.45, 2.75) is 33.1 Å². The Morgan fingerprint density at radius 2 is 1.92 bits per heavy atom. The van der Waals surface area contributed by atoms with Crippen molar-refractivity contribution in [2.24, 2.45) is 0 Å². The highest BCUT2D eigenvalue weighted by atomic mass is 16.5. The van der Waals surface area contributed by atoms with Gasteiger partial charge in [0, 0.05) is 31.6 Å². The predicted octanol–water partition coefficient (Wildman–Crippen LogP) is 3.61. The summed E-state index contributed by atoms with van der Waals surface area (Å²) in [6, 6.07) is 9.54. The Hall–Kier alpha value is -2.47. The third-order valence-electron chi connectivity index (χ3n) is 3.73. The van der Waals surface area contributed by atoms with Crippen molar-refractivity contribution < 1.29 is 9.53 Å². The first-order valence-corrected chi connectivity index (χ1v) is 8.49. The van der Waals surface area contributed by atoms with E-state index < -0.39 is 0 Å². The number of amides is 1. The zero-order valence-electron chi connectivity index (χ0n) is 15.3. The van der Waals surface area contributed by atoms with Gasteiger partial charge in [0.05, 0.1) is 0 Å². The summed E-state index contributed by atoms with van der Waals surface area (Å²) in [7, 11) is 1.67. The average molecular weight is 342 g/mol. The molecule has 0 aliphatic rings. The third-order valence-corrected chi connectivity index (χ3v) is 3.73. The van der Waals surface area contributed by atoms with Crippen molar-refractivity contribution in [3.63, 3.8) is 0 Å². The molecule has 134 valence electrons. The summed E-state index contributed by atoms with van der Waals surface area (Å²) in [4.78, 5) is 21.1. The molecule has 0 spiro atoms. The molecule has 0 bridgehead atoms. The maximum atomic E-state index is 12.5. The Morgan fingerprint density at radius 3 is 2.56 bits per heavy atom. The van der Waals surface area contributed by atoms with E-state index in [1.54, 1.807) is 13.2 Å². The highest BCUT2D eigenvalue weighted by molar-refractivity contribution is 6.03. The smallest absolute Gasteiger partial charge is 0.274 e. The lowest BCUT2D eigenvalue weighted by atomic mass is 10.0. The van der Waals surface area contributed by atoms with Crippen LogP contribution in [0.3, 0.4) is 0 Å². The number of ether oxygens (including phenoxy) is 1. The molecule has 1 amide bonds. The van der Waals surface area contributed by atoms with Crippen LogP contribution < -0.4 is 10.6 Å². The monoisotopic (exact) mass is 342 g/mol. The number of nitrogens with zero attached hydrogens (tertiary/aromatic N) is 2. The number of methoxy groups -OCH3 is 1. The van der Waals surface area contributed by atoms with Crippen LogP contribution in [0, 0.1) is 6.92 Å². The highest BCUT2D eigenvalue weighted by Crippen LogP contribution is 2.17. The van der Waals surface area contributed by atoms with E-state index in [-0.39, 0.29) is 5.91 Å². The Bertz CT molecular complexity index is 699. The molecule has 1 aromatic heterocycles. The molecular weight excluding hydrogens is 316 g/mol. The van der Waals surface area contributed by atoms with Crippen molar-refractivity contribution >= 4 is 17.5 Å². The summed E-state index contributed by atoms with van der Waals surface area (Å²) < 4.78 is 5.01. The zero-order chi connectivity index (χ0) is 18.2. The standard InChI is InChI=1S/C19H26N4O2/c1-13(2)15-6-8-16(9-7-15)22-18(24)17-12-14(3)21-19(23-17)20-10-5-11-25-4/h6-9,12-13H,5,10-11H2,1-4H3,(H,22,24)(H,20,21,23). The lowest BCUT2D eigenvalue weighted by molar-refractivity contribution is 0.102. The lowest BCUT2D eigenvalue weighted by Crippen LogP contribution is -2.16. The number of aromatic nitrogens is 2. The van der Waals surface area contributed by atoms with Crippen molar-refractivity contribution in [3.05, 3.63) is 47.3 Å². The van der Waals surface area contributed by atoms with Gasteiger partial charge in [-0.25, -0.2) is 9.97 Å². The molecule has 0 atom stereocenters. The molecule has 0 saturated heterocycles. The normalized spacial score (nSPS) is 10.8. The van der Waals surface area contributed by atoms with Crippen LogP contribution in [0.15, 0.2) is 30.3 Å². The number of rotatable bonds is 8. The largest absolute Gasteiger partial charge is 0.385 e. The maximum absolute atomic E-state index is 12.5. The average Bonchev–Trinajstić information content (AvgIpc) is 2.58. The van der Waals surface area contributed by atoms with E-state index >= 15 is 0 Å². The van der Waals surface area contributed by atoms with E-state index in [1.165, 1.54) is 5.56 Å². The van der Waals surface area contributed by atoms with Crippen molar-refractivity contribution in [3.8, 4) is 0 Å². The Labute approximate surface area is 149 Å². The van der Waals surface area contributed by atoms with Crippen molar-refractivity contribution in [2.75, 3.05) is 30.9 Å². The number of hydrogen-bond acceptors (Lipinski definition) is 5. The minimum Gasteiger partial charge on any atom is -0.385 e. The second kappa shape index (κ2) is 9.13. The topological polar surface area (TPSA) is 76.1 Å². The van der Waals surface area contributed by atoms with Crippen LogP contribution in [-0.4, -0.2) is 36.1 Å². The van der Waals surface area contributed by atoms with Gasteiger partial charge in [0.2, 0.25) is 5.95 Å². The van der Waals surface area contributed by atoms with Crippen LogP contribution in [0.25, 0.3) is 0 Å². The first-order valence-electron chi connectivity index (χ1n) is 8.49. The number of aryl methyl sites for hydroxylation is 1. The number of carbonyl (C=O) groups is 1. The molecular formula is C19H26N4O2. The molecule has 0 aliphatic heterocycles. The van der Waals surface area contributed by atoms with E-state index in [0.29, 0.717) is 30.7 Å². The molecule has 1 aromatic carbocycles. The zero-order valence-corrected chi connectivity index (χ0v) is 15.3. The molecule has 6 heteroatoms. The molecule has 0 fully saturated rings. The van der Waals surface area contributed by atoms with Crippen LogP contribution in [0.1, 0.15) is 47.9 Å². The quantitative estimate of drug-likeness (QED) is 0.717. The van der Waals surface area contributed by atoms with Crippen molar-refractivity contribution in [1.29, 1.82) is 0 Å². The SMILES string of the molecule is COCCCNc1nc(C)cc(C(=O)Nc2ccc(C(C)C)cc2)n1. The molecule has 0 radical (unpaired) electrons. The Kier molecular flexibility index (Phi) is 6.89. The second-order valence-corrected chi connectivity index (χ2v) is 6.22. The van der Waals surface area contributed by atoms with Gasteiger partial charge in [-0.1, -0.05) is 26.0 Å². The minimum absolute atomic E-state index is 0.247. The Morgan fingerprint density at radius 1 is 1.20 bits per heavy atom. The number of nitrogens with one attached hydrogen (secondary N) is 2. The summed E-state index contributed by atoms with van der Waals surface area (Å²) in [5.74, 6) is 0.667. The van der Waals surface area contributed by atoms with Crippen LogP contribution in [0.2, 0.25) is 0 Å². The predicted molar refractivity (Wildman–Crippen MR) is 100 cm³/mol. The van der Waals surface area contributed by atoms with Crippen LogP contribution in [0.4, 0.5) is 11.6 Å². The van der Waals surface area contributed by atoms with E-state index in [0.717, 1.165) is 17.8 Å². The summed E-state index contributed by atoms with van der Waals surface area (Å²) in [5.41, 5.74) is 3.07. The number of benzene rings is 1. The van der Waals surface area contributed by atoms with Gasteiger partial charge < -0.3 is 15.4 Å². The van der Waals surface area contributed by atoms with Crippen LogP contribution >= 0.6 is 0 Å². The summed E-state index contributed by atoms with van der Waals surface area (Å²) >= 11 is 0. The molecule has 0 aliphatic carbocycles. The summed E-state index contributed by atoms with van der Waals surface area (Å²) in [6.45, 7) is 7.47. The molecule has 2 aromatic rings. The fourth-order valence-corrected chi connectivity index (χ4v) is 2.33. The summed E-state index contributed by atoms with van der Waals surface area (Å²) in [6.07, 6.45) is 0.845. The summed E-state index contributed by atoms with van der Waals surface area (Å²) in [5, 5.41) is 6.00. The molecule has 0 saturated carbocycles. The fourth-order valence-electron chi connectivity index (χ4n) is 2.33. The number of hydrogen-bond donors (Lipinski definition) is 2. The van der Waals surface area contributed by atoms with E-state index in [9.17, 15) is 4.79 Å². The highest BCUT2D eigenvalue weighted by Gasteiger charge is 2.11.